The Hall–Kier alpha value is -3.97. The standard InChI is InChI=1S/C24H26N8O2/c25-14-19-13-22(29-23(19)31-7-5-30(17-33)6-8-31)18-2-3-26-21(12-18)20-15-27-24(28-16-20)32-4-1-10-34-11-9-32/h2-3,12-13,15-17,29H,1,4-11H2. The van der Waals surface area contributed by atoms with Gasteiger partial charge in [-0.15, -0.1) is 0 Å². The number of anilines is 2. The molecule has 34 heavy (non-hydrogen) atoms. The number of aromatic nitrogens is 4. The van der Waals surface area contributed by atoms with Crippen LogP contribution in [-0.4, -0.2) is 83.7 Å². The molecule has 2 fully saturated rings. The molecule has 0 aromatic carbocycles. The van der Waals surface area contributed by atoms with Crippen LogP contribution in [0.4, 0.5) is 11.8 Å². The van der Waals surface area contributed by atoms with E-state index in [1.165, 1.54) is 0 Å². The first kappa shape index (κ1) is 21.9. The Morgan fingerprint density at radius 3 is 2.56 bits per heavy atom. The molecule has 0 atom stereocenters. The number of nitrogens with zero attached hydrogens (tertiary/aromatic N) is 7. The summed E-state index contributed by atoms with van der Waals surface area (Å²) in [4.78, 5) is 34.0. The fraction of sp³-hybridized carbons (Fsp3) is 0.375. The van der Waals surface area contributed by atoms with E-state index in [2.05, 4.69) is 35.8 Å². The molecule has 0 aliphatic carbocycles. The molecule has 0 bridgehead atoms. The molecule has 2 saturated heterocycles. The lowest BCUT2D eigenvalue weighted by atomic mass is 10.1. The third-order valence-electron chi connectivity index (χ3n) is 6.21. The van der Waals surface area contributed by atoms with Gasteiger partial charge in [0.05, 0.1) is 17.9 Å². The van der Waals surface area contributed by atoms with E-state index < -0.39 is 0 Å². The summed E-state index contributed by atoms with van der Waals surface area (Å²) in [5, 5.41) is 9.69. The molecule has 10 heteroatoms. The number of ether oxygens (including phenoxy) is 1. The number of rotatable bonds is 5. The predicted octanol–water partition coefficient (Wildman–Crippen LogP) is 1.91. The van der Waals surface area contributed by atoms with E-state index in [-0.39, 0.29) is 0 Å². The van der Waals surface area contributed by atoms with E-state index in [9.17, 15) is 10.1 Å². The first-order valence-corrected chi connectivity index (χ1v) is 11.4. The van der Waals surface area contributed by atoms with Gasteiger partial charge in [-0.3, -0.25) is 9.78 Å². The molecule has 3 aromatic heterocycles. The monoisotopic (exact) mass is 458 g/mol. The van der Waals surface area contributed by atoms with E-state index in [1.54, 1.807) is 23.5 Å². The van der Waals surface area contributed by atoms with Crippen molar-refractivity contribution in [2.45, 2.75) is 6.42 Å². The minimum Gasteiger partial charge on any atom is -0.380 e. The lowest BCUT2D eigenvalue weighted by Crippen LogP contribution is -2.46. The maximum Gasteiger partial charge on any atom is 0.225 e. The topological polar surface area (TPSA) is 114 Å². The second-order valence-electron chi connectivity index (χ2n) is 8.34. The lowest BCUT2D eigenvalue weighted by Gasteiger charge is -2.33. The minimum absolute atomic E-state index is 0.585. The van der Waals surface area contributed by atoms with Crippen LogP contribution in [0.15, 0.2) is 36.8 Å². The van der Waals surface area contributed by atoms with Crippen molar-refractivity contribution in [2.24, 2.45) is 0 Å². The number of piperazine rings is 1. The van der Waals surface area contributed by atoms with Gasteiger partial charge in [0.25, 0.3) is 0 Å². The molecule has 2 aliphatic heterocycles. The lowest BCUT2D eigenvalue weighted by molar-refractivity contribution is -0.118. The highest BCUT2D eigenvalue weighted by atomic mass is 16.5. The number of nitrogens with one attached hydrogen (secondary N) is 1. The Balaban J connectivity index is 1.36. The average molecular weight is 459 g/mol. The zero-order valence-electron chi connectivity index (χ0n) is 18.9. The number of hydrogen-bond donors (Lipinski definition) is 1. The van der Waals surface area contributed by atoms with Crippen LogP contribution in [0.5, 0.6) is 0 Å². The quantitative estimate of drug-likeness (QED) is 0.577. The van der Waals surface area contributed by atoms with Gasteiger partial charge >= 0.3 is 0 Å². The van der Waals surface area contributed by atoms with E-state index in [0.29, 0.717) is 44.3 Å². The molecule has 0 unspecified atom stereocenters. The Morgan fingerprint density at radius 2 is 1.79 bits per heavy atom. The van der Waals surface area contributed by atoms with Gasteiger partial charge < -0.3 is 24.4 Å². The van der Waals surface area contributed by atoms with Crippen LogP contribution >= 0.6 is 0 Å². The van der Waals surface area contributed by atoms with E-state index in [0.717, 1.165) is 60.9 Å². The molecule has 1 amide bonds. The number of hydrogen-bond acceptors (Lipinski definition) is 8. The van der Waals surface area contributed by atoms with Crippen LogP contribution in [-0.2, 0) is 9.53 Å². The highest BCUT2D eigenvalue weighted by Gasteiger charge is 2.21. The molecule has 1 N–H and O–H groups in total. The minimum atomic E-state index is 0.585. The second kappa shape index (κ2) is 9.89. The Kier molecular flexibility index (Phi) is 6.35. The van der Waals surface area contributed by atoms with Crippen molar-refractivity contribution >= 4 is 18.2 Å². The first-order chi connectivity index (χ1) is 16.7. The van der Waals surface area contributed by atoms with E-state index in [1.807, 2.05) is 18.2 Å². The molecule has 174 valence electrons. The van der Waals surface area contributed by atoms with Crippen LogP contribution in [0.2, 0.25) is 0 Å². The van der Waals surface area contributed by atoms with Gasteiger partial charge in [-0.1, -0.05) is 0 Å². The Bertz CT molecular complexity index is 1170. The van der Waals surface area contributed by atoms with Crippen LogP contribution in [0.1, 0.15) is 12.0 Å². The number of carbonyl (C=O) groups excluding carboxylic acids is 1. The molecule has 2 aliphatic rings. The maximum absolute atomic E-state index is 11.0. The zero-order valence-corrected chi connectivity index (χ0v) is 18.9. The van der Waals surface area contributed by atoms with E-state index >= 15 is 0 Å². The molecule has 0 spiro atoms. The molecule has 3 aromatic rings. The van der Waals surface area contributed by atoms with Gasteiger partial charge in [0.15, 0.2) is 0 Å². The van der Waals surface area contributed by atoms with Gasteiger partial charge in [0.2, 0.25) is 12.4 Å². The highest BCUT2D eigenvalue weighted by Crippen LogP contribution is 2.29. The summed E-state index contributed by atoms with van der Waals surface area (Å²) < 4.78 is 5.51. The smallest absolute Gasteiger partial charge is 0.225 e. The average Bonchev–Trinajstić information content (AvgIpc) is 3.15. The van der Waals surface area contributed by atoms with Crippen molar-refractivity contribution < 1.29 is 9.53 Å². The normalized spacial score (nSPS) is 16.7. The summed E-state index contributed by atoms with van der Waals surface area (Å²) in [5.41, 5.74) is 3.94. The summed E-state index contributed by atoms with van der Waals surface area (Å²) in [6.07, 6.45) is 7.19. The van der Waals surface area contributed by atoms with Crippen molar-refractivity contribution in [3.8, 4) is 28.6 Å². The summed E-state index contributed by atoms with van der Waals surface area (Å²) in [5.74, 6) is 1.49. The van der Waals surface area contributed by atoms with Gasteiger partial charge in [-0.25, -0.2) is 9.97 Å². The number of amides is 1. The van der Waals surface area contributed by atoms with Gasteiger partial charge in [0.1, 0.15) is 11.9 Å². The van der Waals surface area contributed by atoms with Crippen LogP contribution in [0, 0.1) is 11.3 Å². The fourth-order valence-electron chi connectivity index (χ4n) is 4.30. The van der Waals surface area contributed by atoms with Crippen molar-refractivity contribution in [3.63, 3.8) is 0 Å². The number of H-pyrrole nitrogens is 1. The van der Waals surface area contributed by atoms with Crippen LogP contribution < -0.4 is 9.80 Å². The zero-order chi connectivity index (χ0) is 23.3. The number of nitriles is 1. The Labute approximate surface area is 197 Å². The molecular weight excluding hydrogens is 432 g/mol. The van der Waals surface area contributed by atoms with Crippen LogP contribution in [0.25, 0.3) is 22.5 Å². The molecular formula is C24H26N8O2. The van der Waals surface area contributed by atoms with Crippen molar-refractivity contribution in [3.05, 3.63) is 42.4 Å². The second-order valence-corrected chi connectivity index (χ2v) is 8.34. The van der Waals surface area contributed by atoms with Crippen molar-refractivity contribution in [1.29, 1.82) is 5.26 Å². The third-order valence-corrected chi connectivity index (χ3v) is 6.21. The molecule has 5 rings (SSSR count). The fourth-order valence-corrected chi connectivity index (χ4v) is 4.30. The Morgan fingerprint density at radius 1 is 0.971 bits per heavy atom. The third kappa shape index (κ3) is 4.56. The van der Waals surface area contributed by atoms with Gasteiger partial charge in [-0.2, -0.15) is 5.26 Å². The molecule has 0 saturated carbocycles. The van der Waals surface area contributed by atoms with Gasteiger partial charge in [0, 0.05) is 81.3 Å². The summed E-state index contributed by atoms with van der Waals surface area (Å²) >= 11 is 0. The number of pyridine rings is 1. The molecule has 5 heterocycles. The van der Waals surface area contributed by atoms with E-state index in [4.69, 9.17) is 4.74 Å². The molecule has 0 radical (unpaired) electrons. The summed E-state index contributed by atoms with van der Waals surface area (Å²) in [7, 11) is 0. The molecule has 10 nitrogen and oxygen atoms in total. The highest BCUT2D eigenvalue weighted by molar-refractivity contribution is 5.73. The largest absolute Gasteiger partial charge is 0.380 e. The van der Waals surface area contributed by atoms with Crippen molar-refractivity contribution in [1.82, 2.24) is 24.8 Å². The summed E-state index contributed by atoms with van der Waals surface area (Å²) in [6.45, 7) is 5.77. The van der Waals surface area contributed by atoms with Gasteiger partial charge in [-0.05, 0) is 24.6 Å². The number of carbonyl (C=O) groups is 1. The SMILES string of the molecule is N#Cc1cc(-c2ccnc(-c3cnc(N4CCCOCC4)nc3)c2)[nH]c1N1CCN(C=O)CC1. The summed E-state index contributed by atoms with van der Waals surface area (Å²) in [6, 6.07) is 8.04. The maximum atomic E-state index is 11.0. The first-order valence-electron chi connectivity index (χ1n) is 11.4. The van der Waals surface area contributed by atoms with Crippen molar-refractivity contribution in [2.75, 3.05) is 62.3 Å². The van der Waals surface area contributed by atoms with Crippen LogP contribution in [0.3, 0.4) is 0 Å². The predicted molar refractivity (Wildman–Crippen MR) is 127 cm³/mol. The number of aromatic amines is 1.